The van der Waals surface area contributed by atoms with Gasteiger partial charge in [0.15, 0.2) is 0 Å². The van der Waals surface area contributed by atoms with Crippen molar-refractivity contribution in [3.8, 4) is 0 Å². The second-order valence-electron chi connectivity index (χ2n) is 4.22. The number of carbonyl (C=O) groups is 1. The van der Waals surface area contributed by atoms with Gasteiger partial charge < -0.3 is 10.4 Å². The number of halogens is 1. The summed E-state index contributed by atoms with van der Waals surface area (Å²) >= 11 is 6.07. The van der Waals surface area contributed by atoms with Crippen molar-refractivity contribution in [1.82, 2.24) is 5.32 Å². The molecule has 2 unspecified atom stereocenters. The van der Waals surface area contributed by atoms with Gasteiger partial charge in [-0.2, -0.15) is 0 Å². The van der Waals surface area contributed by atoms with E-state index in [2.05, 4.69) is 5.32 Å². The van der Waals surface area contributed by atoms with Gasteiger partial charge in [0.2, 0.25) is 0 Å². The first-order valence-electron chi connectivity index (χ1n) is 5.26. The molecule has 0 saturated heterocycles. The average molecular weight is 240 g/mol. The van der Waals surface area contributed by atoms with Gasteiger partial charge in [-0.1, -0.05) is 29.8 Å². The molecular weight excluding hydrogens is 226 g/mol. The number of rotatable bonds is 4. The third-order valence-electron chi connectivity index (χ3n) is 3.29. The number of hydrogen-bond donors (Lipinski definition) is 2. The molecule has 86 valence electrons. The first-order valence-corrected chi connectivity index (χ1v) is 5.63. The van der Waals surface area contributed by atoms with E-state index in [0.717, 1.165) is 5.56 Å². The highest BCUT2D eigenvalue weighted by Gasteiger charge is 2.61. The van der Waals surface area contributed by atoms with Gasteiger partial charge in [-0.05, 0) is 37.6 Å². The van der Waals surface area contributed by atoms with Crippen molar-refractivity contribution in [3.63, 3.8) is 0 Å². The summed E-state index contributed by atoms with van der Waals surface area (Å²) in [6, 6.07) is 7.21. The van der Waals surface area contributed by atoms with E-state index in [9.17, 15) is 9.90 Å². The summed E-state index contributed by atoms with van der Waals surface area (Å²) in [6.45, 7) is 0.706. The molecule has 3 nitrogen and oxygen atoms in total. The number of carboxylic acid groups (broad SMARTS) is 1. The fraction of sp³-hybridized carbons (Fsp3) is 0.417. The van der Waals surface area contributed by atoms with E-state index in [-0.39, 0.29) is 5.92 Å². The molecule has 1 aliphatic rings. The number of aliphatic carboxylic acids is 1. The molecule has 0 spiro atoms. The Labute approximate surface area is 99.4 Å². The standard InChI is InChI=1S/C12H14ClNO2/c1-14-7-8-6-12(8,11(15)16)9-4-2-3-5-10(9)13/h2-5,8,14H,6-7H2,1H3,(H,15,16). The molecule has 0 aromatic heterocycles. The van der Waals surface area contributed by atoms with E-state index in [4.69, 9.17) is 11.6 Å². The zero-order chi connectivity index (χ0) is 11.8. The fourth-order valence-corrected chi connectivity index (χ4v) is 2.66. The van der Waals surface area contributed by atoms with Crippen LogP contribution in [0.3, 0.4) is 0 Å². The molecule has 1 saturated carbocycles. The van der Waals surface area contributed by atoms with Crippen LogP contribution in [0.5, 0.6) is 0 Å². The van der Waals surface area contributed by atoms with Gasteiger partial charge >= 0.3 is 5.97 Å². The smallest absolute Gasteiger partial charge is 0.314 e. The minimum absolute atomic E-state index is 0.134. The van der Waals surface area contributed by atoms with Crippen LogP contribution in [0.4, 0.5) is 0 Å². The topological polar surface area (TPSA) is 49.3 Å². The number of carboxylic acids is 1. The van der Waals surface area contributed by atoms with Gasteiger partial charge in [0.1, 0.15) is 0 Å². The summed E-state index contributed by atoms with van der Waals surface area (Å²) in [4.78, 5) is 11.4. The van der Waals surface area contributed by atoms with Crippen LogP contribution in [-0.4, -0.2) is 24.7 Å². The van der Waals surface area contributed by atoms with Crippen molar-refractivity contribution in [3.05, 3.63) is 34.9 Å². The fourth-order valence-electron chi connectivity index (χ4n) is 2.35. The molecule has 1 fully saturated rings. The van der Waals surface area contributed by atoms with E-state index < -0.39 is 11.4 Å². The monoisotopic (exact) mass is 239 g/mol. The number of benzene rings is 1. The van der Waals surface area contributed by atoms with Crippen LogP contribution >= 0.6 is 11.6 Å². The number of nitrogens with one attached hydrogen (secondary N) is 1. The lowest BCUT2D eigenvalue weighted by molar-refractivity contribution is -0.140. The van der Waals surface area contributed by atoms with Crippen molar-refractivity contribution in [2.45, 2.75) is 11.8 Å². The quantitative estimate of drug-likeness (QED) is 0.844. The molecule has 1 aromatic carbocycles. The molecule has 2 rings (SSSR count). The molecule has 0 aliphatic heterocycles. The van der Waals surface area contributed by atoms with Crippen molar-refractivity contribution in [2.75, 3.05) is 13.6 Å². The maximum absolute atomic E-state index is 11.4. The molecule has 4 heteroatoms. The molecule has 0 bridgehead atoms. The summed E-state index contributed by atoms with van der Waals surface area (Å²) in [7, 11) is 1.83. The van der Waals surface area contributed by atoms with Crippen molar-refractivity contribution in [2.24, 2.45) is 5.92 Å². The summed E-state index contributed by atoms with van der Waals surface area (Å²) in [5.41, 5.74) is -0.0362. The summed E-state index contributed by atoms with van der Waals surface area (Å²) in [6.07, 6.45) is 0.660. The van der Waals surface area contributed by atoms with E-state index >= 15 is 0 Å². The zero-order valence-corrected chi connectivity index (χ0v) is 9.79. The van der Waals surface area contributed by atoms with Crippen LogP contribution in [0.15, 0.2) is 24.3 Å². The minimum atomic E-state index is -0.777. The largest absolute Gasteiger partial charge is 0.481 e. The van der Waals surface area contributed by atoms with Crippen molar-refractivity contribution in [1.29, 1.82) is 0 Å². The van der Waals surface area contributed by atoms with E-state index in [0.29, 0.717) is 18.0 Å². The van der Waals surface area contributed by atoms with Crippen LogP contribution in [-0.2, 0) is 10.2 Å². The van der Waals surface area contributed by atoms with Gasteiger partial charge in [-0.25, -0.2) is 0 Å². The molecular formula is C12H14ClNO2. The van der Waals surface area contributed by atoms with Crippen LogP contribution in [0.1, 0.15) is 12.0 Å². The average Bonchev–Trinajstić information content (AvgIpc) is 2.95. The molecule has 1 aromatic rings. The van der Waals surface area contributed by atoms with Crippen molar-refractivity contribution < 1.29 is 9.90 Å². The highest BCUT2D eigenvalue weighted by atomic mass is 35.5. The highest BCUT2D eigenvalue weighted by Crippen LogP contribution is 2.55. The summed E-state index contributed by atoms with van der Waals surface area (Å²) < 4.78 is 0. The maximum Gasteiger partial charge on any atom is 0.314 e. The Morgan fingerprint density at radius 3 is 2.88 bits per heavy atom. The van der Waals surface area contributed by atoms with E-state index in [1.54, 1.807) is 6.07 Å². The van der Waals surface area contributed by atoms with Gasteiger partial charge in [0.05, 0.1) is 5.41 Å². The van der Waals surface area contributed by atoms with Gasteiger partial charge in [0.25, 0.3) is 0 Å². The third-order valence-corrected chi connectivity index (χ3v) is 3.62. The molecule has 1 aliphatic carbocycles. The molecule has 0 radical (unpaired) electrons. The molecule has 0 amide bonds. The van der Waals surface area contributed by atoms with Crippen LogP contribution in [0.25, 0.3) is 0 Å². The van der Waals surface area contributed by atoms with Crippen LogP contribution in [0, 0.1) is 5.92 Å². The van der Waals surface area contributed by atoms with E-state index in [1.165, 1.54) is 0 Å². The second-order valence-corrected chi connectivity index (χ2v) is 4.62. The normalized spacial score (nSPS) is 27.8. The van der Waals surface area contributed by atoms with Gasteiger partial charge in [-0.15, -0.1) is 0 Å². The van der Waals surface area contributed by atoms with Crippen molar-refractivity contribution >= 4 is 17.6 Å². The molecule has 2 N–H and O–H groups in total. The Morgan fingerprint density at radius 2 is 2.31 bits per heavy atom. The third kappa shape index (κ3) is 1.60. The first-order chi connectivity index (χ1) is 7.63. The Kier molecular flexibility index (Phi) is 2.91. The minimum Gasteiger partial charge on any atom is -0.481 e. The summed E-state index contributed by atoms with van der Waals surface area (Å²) in [5.74, 6) is -0.643. The lowest BCUT2D eigenvalue weighted by Crippen LogP contribution is -2.26. The Bertz CT molecular complexity index is 421. The predicted molar refractivity (Wildman–Crippen MR) is 62.8 cm³/mol. The molecule has 16 heavy (non-hydrogen) atoms. The maximum atomic E-state index is 11.4. The molecule has 2 atom stereocenters. The second kappa shape index (κ2) is 4.07. The number of hydrogen-bond acceptors (Lipinski definition) is 2. The zero-order valence-electron chi connectivity index (χ0n) is 9.03. The SMILES string of the molecule is CNCC1CC1(C(=O)O)c1ccccc1Cl. The lowest BCUT2D eigenvalue weighted by atomic mass is 9.93. The Balaban J connectivity index is 2.37. The predicted octanol–water partition coefficient (Wildman–Crippen LogP) is 1.90. The van der Waals surface area contributed by atoms with Crippen LogP contribution < -0.4 is 5.32 Å². The highest BCUT2D eigenvalue weighted by molar-refractivity contribution is 6.31. The Morgan fingerprint density at radius 1 is 1.62 bits per heavy atom. The van der Waals surface area contributed by atoms with Gasteiger partial charge in [0, 0.05) is 5.02 Å². The first kappa shape index (κ1) is 11.4. The lowest BCUT2D eigenvalue weighted by Gasteiger charge is -2.14. The summed E-state index contributed by atoms with van der Waals surface area (Å²) in [5, 5.41) is 13.0. The molecule has 0 heterocycles. The van der Waals surface area contributed by atoms with Gasteiger partial charge in [-0.3, -0.25) is 4.79 Å². The Hall–Kier alpha value is -1.06. The van der Waals surface area contributed by atoms with Crippen LogP contribution in [0.2, 0.25) is 5.02 Å². The van der Waals surface area contributed by atoms with E-state index in [1.807, 2.05) is 25.2 Å².